The Morgan fingerprint density at radius 2 is 1.86 bits per heavy atom. The minimum absolute atomic E-state index is 0.102. The van der Waals surface area contributed by atoms with E-state index in [4.69, 9.17) is 4.74 Å². The molecule has 1 saturated heterocycles. The van der Waals surface area contributed by atoms with Crippen LogP contribution in [0, 0.1) is 11.6 Å². The summed E-state index contributed by atoms with van der Waals surface area (Å²) in [5.74, 6) is -1.23. The Balaban J connectivity index is 2.16. The first kappa shape index (κ1) is 16.1. The van der Waals surface area contributed by atoms with Gasteiger partial charge in [-0.15, -0.1) is 0 Å². The van der Waals surface area contributed by atoms with Crippen LogP contribution < -0.4 is 10.2 Å². The molecule has 1 aliphatic rings. The number of likely N-dealkylation sites (N-methyl/N-ethyl adjacent to an activating group) is 1. The largest absolute Gasteiger partial charge is 0.388 e. The van der Waals surface area contributed by atoms with Gasteiger partial charge in [0.15, 0.2) is 0 Å². The van der Waals surface area contributed by atoms with Crippen LogP contribution in [0.4, 0.5) is 14.5 Å². The Bertz CT molecular complexity index is 468. The highest BCUT2D eigenvalue weighted by atomic mass is 19.1. The van der Waals surface area contributed by atoms with Crippen molar-refractivity contribution >= 4 is 5.69 Å². The smallest absolute Gasteiger partial charge is 0.149 e. The maximum Gasteiger partial charge on any atom is 0.149 e. The fraction of sp³-hybridized carbons (Fsp3) is 0.600. The van der Waals surface area contributed by atoms with Gasteiger partial charge in [-0.05, 0) is 24.7 Å². The van der Waals surface area contributed by atoms with E-state index in [9.17, 15) is 13.9 Å². The molecule has 2 rings (SSSR count). The predicted octanol–water partition coefficient (Wildman–Crippen LogP) is 1.66. The Morgan fingerprint density at radius 1 is 1.29 bits per heavy atom. The van der Waals surface area contributed by atoms with Crippen molar-refractivity contribution in [1.82, 2.24) is 5.32 Å². The fourth-order valence-electron chi connectivity index (χ4n) is 2.72. The molecule has 0 aliphatic carbocycles. The Labute approximate surface area is 123 Å². The van der Waals surface area contributed by atoms with Crippen molar-refractivity contribution in [3.05, 3.63) is 29.3 Å². The third-order valence-corrected chi connectivity index (χ3v) is 3.79. The maximum absolute atomic E-state index is 14.1. The zero-order chi connectivity index (χ0) is 15.5. The molecule has 0 bridgehead atoms. The number of benzene rings is 1. The highest BCUT2D eigenvalue weighted by molar-refractivity contribution is 5.50. The highest BCUT2D eigenvalue weighted by Gasteiger charge is 2.32. The van der Waals surface area contributed by atoms with E-state index in [2.05, 4.69) is 5.32 Å². The van der Waals surface area contributed by atoms with E-state index in [1.807, 2.05) is 0 Å². The average molecular weight is 300 g/mol. The minimum atomic E-state index is -0.963. The summed E-state index contributed by atoms with van der Waals surface area (Å²) in [6.07, 6.45) is 0.941. The van der Waals surface area contributed by atoms with Gasteiger partial charge >= 0.3 is 0 Å². The first-order valence-corrected chi connectivity index (χ1v) is 7.09. The lowest BCUT2D eigenvalue weighted by Gasteiger charge is -2.36. The van der Waals surface area contributed by atoms with E-state index in [0.717, 1.165) is 0 Å². The maximum atomic E-state index is 14.1. The van der Waals surface area contributed by atoms with Crippen molar-refractivity contribution in [3.63, 3.8) is 0 Å². The summed E-state index contributed by atoms with van der Waals surface area (Å²) in [6.45, 7) is 1.52. The molecular weight excluding hydrogens is 278 g/mol. The lowest BCUT2D eigenvalue weighted by molar-refractivity contribution is -0.0573. The van der Waals surface area contributed by atoms with Crippen molar-refractivity contribution in [2.24, 2.45) is 0 Å². The fourth-order valence-corrected chi connectivity index (χ4v) is 2.72. The van der Waals surface area contributed by atoms with Gasteiger partial charge in [-0.3, -0.25) is 0 Å². The van der Waals surface area contributed by atoms with E-state index in [1.165, 1.54) is 17.0 Å². The van der Waals surface area contributed by atoms with Crippen LogP contribution in [0.15, 0.2) is 12.1 Å². The van der Waals surface area contributed by atoms with Gasteiger partial charge < -0.3 is 20.1 Å². The van der Waals surface area contributed by atoms with Gasteiger partial charge in [0.1, 0.15) is 17.3 Å². The topological polar surface area (TPSA) is 44.7 Å². The molecule has 21 heavy (non-hydrogen) atoms. The van der Waals surface area contributed by atoms with Crippen molar-refractivity contribution < 1.29 is 18.6 Å². The van der Waals surface area contributed by atoms with Crippen LogP contribution in [0.5, 0.6) is 0 Å². The van der Waals surface area contributed by atoms with Gasteiger partial charge in [-0.2, -0.15) is 0 Å². The zero-order valence-corrected chi connectivity index (χ0v) is 12.5. The molecule has 0 atom stereocenters. The Kier molecular flexibility index (Phi) is 5.13. The predicted molar refractivity (Wildman–Crippen MR) is 77.4 cm³/mol. The molecule has 1 aromatic carbocycles. The SMILES string of the molecule is CNCc1cc(F)c(N(C)CC2(O)CCOCC2)c(F)c1. The number of hydrogen-bond donors (Lipinski definition) is 2. The molecule has 0 spiro atoms. The molecule has 1 aromatic rings. The van der Waals surface area contributed by atoms with Crippen molar-refractivity contribution in [1.29, 1.82) is 0 Å². The number of nitrogens with zero attached hydrogens (tertiary/aromatic N) is 1. The lowest BCUT2D eigenvalue weighted by Crippen LogP contribution is -2.46. The van der Waals surface area contributed by atoms with E-state index in [-0.39, 0.29) is 12.2 Å². The highest BCUT2D eigenvalue weighted by Crippen LogP contribution is 2.28. The molecule has 0 radical (unpaired) electrons. The molecule has 4 nitrogen and oxygen atoms in total. The van der Waals surface area contributed by atoms with Crippen LogP contribution >= 0.6 is 0 Å². The van der Waals surface area contributed by atoms with Crippen LogP contribution in [0.2, 0.25) is 0 Å². The van der Waals surface area contributed by atoms with Crippen molar-refractivity contribution in [2.45, 2.75) is 25.0 Å². The van der Waals surface area contributed by atoms with Crippen molar-refractivity contribution in [2.75, 3.05) is 38.8 Å². The summed E-state index contributed by atoms with van der Waals surface area (Å²) < 4.78 is 33.5. The van der Waals surface area contributed by atoms with Crippen LogP contribution in [0.3, 0.4) is 0 Å². The molecule has 0 saturated carbocycles. The number of halogens is 2. The van der Waals surface area contributed by atoms with Crippen LogP contribution in [-0.2, 0) is 11.3 Å². The number of hydrogen-bond acceptors (Lipinski definition) is 4. The normalized spacial score (nSPS) is 17.8. The average Bonchev–Trinajstić information content (AvgIpc) is 2.38. The second-order valence-corrected chi connectivity index (χ2v) is 5.63. The summed E-state index contributed by atoms with van der Waals surface area (Å²) in [6, 6.07) is 2.64. The van der Waals surface area contributed by atoms with Gasteiger partial charge in [-0.1, -0.05) is 0 Å². The number of nitrogens with one attached hydrogen (secondary N) is 1. The van der Waals surface area contributed by atoms with Crippen LogP contribution in [0.1, 0.15) is 18.4 Å². The molecule has 118 valence electrons. The van der Waals surface area contributed by atoms with E-state index >= 15 is 0 Å². The Hall–Kier alpha value is -1.24. The third kappa shape index (κ3) is 3.90. The van der Waals surface area contributed by atoms with Gasteiger partial charge in [-0.25, -0.2) is 8.78 Å². The standard InChI is InChI=1S/C15H22F2N2O2/c1-18-9-11-7-12(16)14(13(17)8-11)19(2)10-15(20)3-5-21-6-4-15/h7-8,18,20H,3-6,9-10H2,1-2H3. The first-order chi connectivity index (χ1) is 9.95. The van der Waals surface area contributed by atoms with Gasteiger partial charge in [0, 0.05) is 46.2 Å². The molecule has 1 heterocycles. The first-order valence-electron chi connectivity index (χ1n) is 7.09. The van der Waals surface area contributed by atoms with Crippen LogP contribution in [0.25, 0.3) is 0 Å². The molecule has 6 heteroatoms. The molecule has 1 aliphatic heterocycles. The van der Waals surface area contributed by atoms with Gasteiger partial charge in [0.05, 0.1) is 5.60 Å². The molecule has 0 aromatic heterocycles. The summed E-state index contributed by atoms with van der Waals surface area (Å²) in [7, 11) is 3.31. The summed E-state index contributed by atoms with van der Waals surface area (Å²) in [5.41, 5.74) is -0.514. The second kappa shape index (κ2) is 6.68. The lowest BCUT2D eigenvalue weighted by atomic mass is 9.93. The quantitative estimate of drug-likeness (QED) is 0.868. The summed E-state index contributed by atoms with van der Waals surface area (Å²) in [5, 5.41) is 13.3. The van der Waals surface area contributed by atoms with E-state index in [1.54, 1.807) is 14.1 Å². The number of aliphatic hydroxyl groups is 1. The molecule has 0 unspecified atom stereocenters. The third-order valence-electron chi connectivity index (χ3n) is 3.79. The number of anilines is 1. The van der Waals surface area contributed by atoms with E-state index < -0.39 is 17.2 Å². The monoisotopic (exact) mass is 300 g/mol. The molecule has 2 N–H and O–H groups in total. The van der Waals surface area contributed by atoms with Crippen LogP contribution in [-0.4, -0.2) is 44.6 Å². The van der Waals surface area contributed by atoms with E-state index in [0.29, 0.717) is 38.2 Å². The molecule has 1 fully saturated rings. The molecular formula is C15H22F2N2O2. The summed E-state index contributed by atoms with van der Waals surface area (Å²) in [4.78, 5) is 1.44. The zero-order valence-electron chi connectivity index (χ0n) is 12.5. The number of rotatable bonds is 5. The Morgan fingerprint density at radius 3 is 2.38 bits per heavy atom. The summed E-state index contributed by atoms with van der Waals surface area (Å²) >= 11 is 0. The number of ether oxygens (including phenoxy) is 1. The van der Waals surface area contributed by atoms with Gasteiger partial charge in [0.2, 0.25) is 0 Å². The van der Waals surface area contributed by atoms with Gasteiger partial charge in [0.25, 0.3) is 0 Å². The molecule has 0 amide bonds. The van der Waals surface area contributed by atoms with Crippen molar-refractivity contribution in [3.8, 4) is 0 Å². The minimum Gasteiger partial charge on any atom is -0.388 e. The second-order valence-electron chi connectivity index (χ2n) is 5.63.